The van der Waals surface area contributed by atoms with E-state index in [-0.39, 0.29) is 19.5 Å². The molecule has 1 aromatic heterocycles. The van der Waals surface area contributed by atoms with Gasteiger partial charge in [0.25, 0.3) is 5.92 Å². The normalized spacial score (nSPS) is 18.2. The van der Waals surface area contributed by atoms with E-state index in [1.54, 1.807) is 11.0 Å². The summed E-state index contributed by atoms with van der Waals surface area (Å²) in [6.45, 7) is 0.505. The van der Waals surface area contributed by atoms with E-state index in [9.17, 15) is 13.9 Å². The minimum absolute atomic E-state index is 0.0804. The maximum absolute atomic E-state index is 13.5. The number of hydrogen-bond donors (Lipinski definition) is 2. The van der Waals surface area contributed by atoms with Gasteiger partial charge in [-0.15, -0.1) is 0 Å². The number of rotatable bonds is 5. The van der Waals surface area contributed by atoms with Crippen molar-refractivity contribution in [2.75, 3.05) is 29.9 Å². The highest BCUT2D eigenvalue weighted by molar-refractivity contribution is 5.49. The number of aliphatic hydroxyl groups excluding tert-OH is 1. The fourth-order valence-corrected chi connectivity index (χ4v) is 2.77. The molecule has 1 aliphatic rings. The third-order valence-electron chi connectivity index (χ3n) is 4.03. The number of hydrogen-bond acceptors (Lipinski definition) is 5. The second-order valence-corrected chi connectivity index (χ2v) is 5.95. The molecule has 2 N–H and O–H groups in total. The zero-order valence-electron chi connectivity index (χ0n) is 13.2. The molecule has 1 saturated heterocycles. The van der Waals surface area contributed by atoms with Gasteiger partial charge in [-0.3, -0.25) is 0 Å². The Labute approximate surface area is 139 Å². The van der Waals surface area contributed by atoms with Gasteiger partial charge >= 0.3 is 0 Å². The number of nitrogens with zero attached hydrogens (tertiary/aromatic N) is 3. The largest absolute Gasteiger partial charge is 0.387 e. The molecule has 128 valence electrons. The van der Waals surface area contributed by atoms with Crippen LogP contribution in [-0.4, -0.2) is 40.6 Å². The van der Waals surface area contributed by atoms with Gasteiger partial charge in [0.15, 0.2) is 0 Å². The summed E-state index contributed by atoms with van der Waals surface area (Å²) in [7, 11) is 0. The van der Waals surface area contributed by atoms with Gasteiger partial charge in [-0.05, 0) is 12.0 Å². The Morgan fingerprint density at radius 2 is 2.04 bits per heavy atom. The van der Waals surface area contributed by atoms with Crippen LogP contribution in [0, 0.1) is 0 Å². The Morgan fingerprint density at radius 1 is 1.25 bits per heavy atom. The molecule has 1 fully saturated rings. The van der Waals surface area contributed by atoms with E-state index >= 15 is 0 Å². The molecule has 0 radical (unpaired) electrons. The lowest BCUT2D eigenvalue weighted by Crippen LogP contribution is -2.43. The summed E-state index contributed by atoms with van der Waals surface area (Å²) in [5.74, 6) is -1.70. The maximum atomic E-state index is 13.5. The fourth-order valence-electron chi connectivity index (χ4n) is 2.77. The molecule has 2 heterocycles. The van der Waals surface area contributed by atoms with Crippen LogP contribution < -0.4 is 10.2 Å². The highest BCUT2D eigenvalue weighted by Crippen LogP contribution is 2.29. The molecular weight excluding hydrogens is 314 g/mol. The van der Waals surface area contributed by atoms with Gasteiger partial charge in [0.1, 0.15) is 18.0 Å². The van der Waals surface area contributed by atoms with Crippen molar-refractivity contribution >= 4 is 11.6 Å². The first-order valence-corrected chi connectivity index (χ1v) is 7.95. The molecule has 5 nitrogen and oxygen atoms in total. The van der Waals surface area contributed by atoms with E-state index in [1.807, 2.05) is 30.3 Å². The highest BCUT2D eigenvalue weighted by Gasteiger charge is 2.35. The number of alkyl halides is 2. The Kier molecular flexibility index (Phi) is 4.89. The monoisotopic (exact) mass is 334 g/mol. The number of nitrogens with one attached hydrogen (secondary N) is 1. The predicted molar refractivity (Wildman–Crippen MR) is 88.3 cm³/mol. The average Bonchev–Trinajstić information content (AvgIpc) is 2.60. The first kappa shape index (κ1) is 16.6. The smallest absolute Gasteiger partial charge is 0.265 e. The zero-order valence-corrected chi connectivity index (χ0v) is 13.2. The van der Waals surface area contributed by atoms with Gasteiger partial charge in [0.05, 0.1) is 12.6 Å². The summed E-state index contributed by atoms with van der Waals surface area (Å²) in [6, 6.07) is 10.9. The minimum atomic E-state index is -2.68. The van der Waals surface area contributed by atoms with Crippen LogP contribution in [0.3, 0.4) is 0 Å². The van der Waals surface area contributed by atoms with Crippen molar-refractivity contribution in [2.45, 2.75) is 24.9 Å². The van der Waals surface area contributed by atoms with E-state index in [1.165, 1.54) is 6.33 Å². The third kappa shape index (κ3) is 4.17. The maximum Gasteiger partial charge on any atom is 0.265 e. The van der Waals surface area contributed by atoms with Crippen molar-refractivity contribution in [3.05, 3.63) is 48.3 Å². The SMILES string of the molecule is OC(CNc1cc(N2CCCC(F)(F)C2)ncn1)c1ccccc1. The van der Waals surface area contributed by atoms with Crippen molar-refractivity contribution in [2.24, 2.45) is 0 Å². The summed E-state index contributed by atoms with van der Waals surface area (Å²) in [6.07, 6.45) is 1.03. The Bertz CT molecular complexity index is 669. The van der Waals surface area contributed by atoms with Crippen molar-refractivity contribution in [3.63, 3.8) is 0 Å². The molecule has 3 rings (SSSR count). The van der Waals surface area contributed by atoms with Crippen molar-refractivity contribution < 1.29 is 13.9 Å². The lowest BCUT2D eigenvalue weighted by atomic mass is 10.1. The van der Waals surface area contributed by atoms with Gasteiger partial charge in [0.2, 0.25) is 0 Å². The molecule has 1 atom stereocenters. The molecule has 1 aromatic carbocycles. The van der Waals surface area contributed by atoms with Crippen molar-refractivity contribution in [1.82, 2.24) is 9.97 Å². The quantitative estimate of drug-likeness (QED) is 0.880. The Hall–Kier alpha value is -2.28. The average molecular weight is 334 g/mol. The Balaban J connectivity index is 1.63. The zero-order chi connectivity index (χ0) is 17.0. The second-order valence-electron chi connectivity index (χ2n) is 5.95. The summed E-state index contributed by atoms with van der Waals surface area (Å²) < 4.78 is 27.1. The van der Waals surface area contributed by atoms with Crippen LogP contribution in [0.5, 0.6) is 0 Å². The first-order chi connectivity index (χ1) is 11.5. The van der Waals surface area contributed by atoms with Gasteiger partial charge in [-0.25, -0.2) is 18.7 Å². The van der Waals surface area contributed by atoms with Crippen molar-refractivity contribution in [3.8, 4) is 0 Å². The predicted octanol–water partition coefficient (Wildman–Crippen LogP) is 2.86. The van der Waals surface area contributed by atoms with E-state index in [2.05, 4.69) is 15.3 Å². The number of halogens is 2. The number of aromatic nitrogens is 2. The van der Waals surface area contributed by atoms with E-state index in [4.69, 9.17) is 0 Å². The van der Waals surface area contributed by atoms with Crippen LogP contribution in [0.15, 0.2) is 42.7 Å². The number of benzene rings is 1. The van der Waals surface area contributed by atoms with Crippen LogP contribution in [0.2, 0.25) is 0 Å². The summed E-state index contributed by atoms with van der Waals surface area (Å²) in [4.78, 5) is 9.75. The molecule has 1 unspecified atom stereocenters. The molecule has 0 amide bonds. The van der Waals surface area contributed by atoms with Gasteiger partial charge < -0.3 is 15.3 Å². The van der Waals surface area contributed by atoms with E-state index < -0.39 is 12.0 Å². The number of aliphatic hydroxyl groups is 1. The molecule has 0 aliphatic carbocycles. The van der Waals surface area contributed by atoms with E-state index in [0.717, 1.165) is 5.56 Å². The minimum Gasteiger partial charge on any atom is -0.387 e. The molecule has 0 spiro atoms. The van der Waals surface area contributed by atoms with Crippen molar-refractivity contribution in [1.29, 1.82) is 0 Å². The number of piperidine rings is 1. The summed E-state index contributed by atoms with van der Waals surface area (Å²) in [5, 5.41) is 13.2. The highest BCUT2D eigenvalue weighted by atomic mass is 19.3. The van der Waals surface area contributed by atoms with Gasteiger partial charge in [0, 0.05) is 25.6 Å². The Morgan fingerprint density at radius 3 is 2.79 bits per heavy atom. The summed E-state index contributed by atoms with van der Waals surface area (Å²) >= 11 is 0. The molecule has 7 heteroatoms. The molecule has 0 saturated carbocycles. The molecule has 24 heavy (non-hydrogen) atoms. The molecular formula is C17H20F2N4O. The number of anilines is 2. The standard InChI is InChI=1S/C17H20F2N4O/c18-17(19)7-4-8-23(11-17)16-9-15(21-12-22-16)20-10-14(24)13-5-2-1-3-6-13/h1-3,5-6,9,12,14,24H,4,7-8,10-11H2,(H,20,21,22). The van der Waals surface area contributed by atoms with Crippen LogP contribution in [0.1, 0.15) is 24.5 Å². The van der Waals surface area contributed by atoms with Crippen LogP contribution in [0.25, 0.3) is 0 Å². The third-order valence-corrected chi connectivity index (χ3v) is 4.03. The molecule has 0 bridgehead atoms. The lowest BCUT2D eigenvalue weighted by molar-refractivity contribution is -0.0118. The van der Waals surface area contributed by atoms with Crippen LogP contribution >= 0.6 is 0 Å². The van der Waals surface area contributed by atoms with E-state index in [0.29, 0.717) is 24.6 Å². The fraction of sp³-hybridized carbons (Fsp3) is 0.412. The first-order valence-electron chi connectivity index (χ1n) is 7.95. The topological polar surface area (TPSA) is 61.3 Å². The molecule has 1 aliphatic heterocycles. The van der Waals surface area contributed by atoms with Gasteiger partial charge in [-0.1, -0.05) is 30.3 Å². The van der Waals surface area contributed by atoms with Gasteiger partial charge in [-0.2, -0.15) is 0 Å². The van der Waals surface area contributed by atoms with Crippen LogP contribution in [-0.2, 0) is 0 Å². The lowest BCUT2D eigenvalue weighted by Gasteiger charge is -2.33. The summed E-state index contributed by atoms with van der Waals surface area (Å²) in [5.41, 5.74) is 0.801. The van der Waals surface area contributed by atoms with Crippen LogP contribution in [0.4, 0.5) is 20.4 Å². The second kappa shape index (κ2) is 7.09. The molecule has 2 aromatic rings.